The molecule has 110 valence electrons. The second-order valence-corrected chi connectivity index (χ2v) is 5.98. The van der Waals surface area contributed by atoms with Crippen LogP contribution in [0.2, 0.25) is 0 Å². The largest absolute Gasteiger partial charge is 0.0682 e. The summed E-state index contributed by atoms with van der Waals surface area (Å²) in [6, 6.07) is 0. The fraction of sp³-hybridized carbons (Fsp3) is 0.889. The van der Waals surface area contributed by atoms with Gasteiger partial charge in [-0.3, -0.25) is 0 Å². The normalized spacial score (nSPS) is 15.0. The maximum absolute atomic E-state index is 2.34. The monoisotopic (exact) mass is 254 g/mol. The minimum absolute atomic E-state index is 0.780. The van der Waals surface area contributed by atoms with Crippen molar-refractivity contribution in [3.8, 4) is 0 Å². The zero-order chi connectivity index (χ0) is 14.6. The van der Waals surface area contributed by atoms with E-state index in [1.807, 2.05) is 0 Å². The Balaban J connectivity index is 0. The van der Waals surface area contributed by atoms with Gasteiger partial charge in [0.25, 0.3) is 0 Å². The molecule has 0 saturated heterocycles. The molecule has 0 N–H and O–H groups in total. The molecule has 0 bridgehead atoms. The zero-order valence-electron chi connectivity index (χ0n) is 14.4. The smallest absolute Gasteiger partial charge is 0.0257 e. The molecule has 0 aromatic heterocycles. The van der Waals surface area contributed by atoms with Gasteiger partial charge in [0, 0.05) is 0 Å². The molecule has 0 spiro atoms. The van der Waals surface area contributed by atoms with E-state index in [9.17, 15) is 0 Å². The Kier molecular flexibility index (Phi) is 14.7. The number of hydrogen-bond acceptors (Lipinski definition) is 0. The average molecular weight is 255 g/mol. The van der Waals surface area contributed by atoms with E-state index in [-0.39, 0.29) is 0 Å². The molecule has 0 heterocycles. The first-order chi connectivity index (χ1) is 8.45. The molecule has 0 fully saturated rings. The van der Waals surface area contributed by atoms with Crippen molar-refractivity contribution in [3.63, 3.8) is 0 Å². The Hall–Kier alpha value is -0.260. The van der Waals surface area contributed by atoms with Gasteiger partial charge in [0.15, 0.2) is 0 Å². The Morgan fingerprint density at radius 1 is 0.667 bits per heavy atom. The van der Waals surface area contributed by atoms with Crippen molar-refractivity contribution < 1.29 is 0 Å². The van der Waals surface area contributed by atoms with E-state index in [0.717, 1.165) is 11.8 Å². The van der Waals surface area contributed by atoms with Crippen LogP contribution in [0.1, 0.15) is 93.9 Å². The molecule has 0 nitrogen and oxygen atoms in total. The summed E-state index contributed by atoms with van der Waals surface area (Å²) in [5.41, 5.74) is 3.52. The zero-order valence-corrected chi connectivity index (χ0v) is 14.4. The van der Waals surface area contributed by atoms with Crippen LogP contribution in [0.4, 0.5) is 0 Å². The van der Waals surface area contributed by atoms with Crippen LogP contribution in [0, 0.1) is 11.8 Å². The highest BCUT2D eigenvalue weighted by Gasteiger charge is 2.16. The van der Waals surface area contributed by atoms with Crippen LogP contribution in [0.15, 0.2) is 11.1 Å². The van der Waals surface area contributed by atoms with Crippen LogP contribution in [0.5, 0.6) is 0 Å². The van der Waals surface area contributed by atoms with Crippen molar-refractivity contribution in [2.75, 3.05) is 0 Å². The first-order valence-electron chi connectivity index (χ1n) is 8.17. The van der Waals surface area contributed by atoms with E-state index in [1.54, 1.807) is 11.1 Å². The lowest BCUT2D eigenvalue weighted by molar-refractivity contribution is 0.549. The van der Waals surface area contributed by atoms with Crippen molar-refractivity contribution in [1.29, 1.82) is 0 Å². The molecular formula is C18H38. The molecule has 0 aliphatic heterocycles. The standard InChI is InChI=1S/C12H22.2C3H8/c1-9(2)11-7-5-6-8-12(11)10(3)4;2*1-3-2/h9-10H,5-8H2,1-4H3;2*3H2,1-2H3. The predicted octanol–water partition coefficient (Wildman–Crippen LogP) is 7.00. The highest BCUT2D eigenvalue weighted by molar-refractivity contribution is 5.20. The molecule has 0 amide bonds. The van der Waals surface area contributed by atoms with Gasteiger partial charge in [-0.05, 0) is 37.5 Å². The van der Waals surface area contributed by atoms with E-state index < -0.39 is 0 Å². The first kappa shape index (κ1) is 20.1. The van der Waals surface area contributed by atoms with Crippen molar-refractivity contribution in [2.24, 2.45) is 11.8 Å². The van der Waals surface area contributed by atoms with E-state index in [4.69, 9.17) is 0 Å². The third-order valence-corrected chi connectivity index (χ3v) is 2.95. The highest BCUT2D eigenvalue weighted by Crippen LogP contribution is 2.33. The van der Waals surface area contributed by atoms with Gasteiger partial charge in [-0.2, -0.15) is 0 Å². The van der Waals surface area contributed by atoms with Crippen molar-refractivity contribution in [2.45, 2.75) is 93.9 Å². The molecule has 0 unspecified atom stereocenters. The summed E-state index contributed by atoms with van der Waals surface area (Å²) in [6.45, 7) is 17.8. The Morgan fingerprint density at radius 2 is 0.889 bits per heavy atom. The van der Waals surface area contributed by atoms with Crippen LogP contribution in [0.3, 0.4) is 0 Å². The quantitative estimate of drug-likeness (QED) is 0.465. The van der Waals surface area contributed by atoms with Gasteiger partial charge in [0.1, 0.15) is 0 Å². The number of hydrogen-bond donors (Lipinski definition) is 0. The Morgan fingerprint density at radius 3 is 1.06 bits per heavy atom. The fourth-order valence-electron chi connectivity index (χ4n) is 2.27. The minimum atomic E-state index is 0.780. The van der Waals surface area contributed by atoms with Gasteiger partial charge in [0.05, 0.1) is 0 Å². The summed E-state index contributed by atoms with van der Waals surface area (Å²) >= 11 is 0. The molecule has 1 aliphatic rings. The van der Waals surface area contributed by atoms with Gasteiger partial charge in [-0.15, -0.1) is 0 Å². The third kappa shape index (κ3) is 9.74. The third-order valence-electron chi connectivity index (χ3n) is 2.95. The molecule has 0 aromatic rings. The summed E-state index contributed by atoms with van der Waals surface area (Å²) in [5, 5.41) is 0. The maximum Gasteiger partial charge on any atom is -0.0257 e. The Labute approximate surface area is 117 Å². The minimum Gasteiger partial charge on any atom is -0.0682 e. The maximum atomic E-state index is 2.34. The van der Waals surface area contributed by atoms with E-state index >= 15 is 0 Å². The lowest BCUT2D eigenvalue weighted by atomic mass is 9.81. The van der Waals surface area contributed by atoms with Gasteiger partial charge in [-0.25, -0.2) is 0 Å². The van der Waals surface area contributed by atoms with Crippen LogP contribution >= 0.6 is 0 Å². The lowest BCUT2D eigenvalue weighted by Crippen LogP contribution is -2.09. The van der Waals surface area contributed by atoms with Crippen molar-refractivity contribution >= 4 is 0 Å². The predicted molar refractivity (Wildman–Crippen MR) is 87.1 cm³/mol. The molecule has 18 heavy (non-hydrogen) atoms. The SMILES string of the molecule is CC(C)C1=C(C(C)C)CCCC1.CCC.CCC. The van der Waals surface area contributed by atoms with Gasteiger partial charge < -0.3 is 0 Å². The molecule has 0 aromatic carbocycles. The second-order valence-electron chi connectivity index (χ2n) is 5.98. The molecule has 0 heteroatoms. The summed E-state index contributed by atoms with van der Waals surface area (Å²) < 4.78 is 0. The van der Waals surface area contributed by atoms with E-state index in [0.29, 0.717) is 0 Å². The van der Waals surface area contributed by atoms with Crippen LogP contribution in [0.25, 0.3) is 0 Å². The lowest BCUT2D eigenvalue weighted by Gasteiger charge is -2.25. The summed E-state index contributed by atoms with van der Waals surface area (Å²) in [7, 11) is 0. The summed E-state index contributed by atoms with van der Waals surface area (Å²) in [6.07, 6.45) is 8.07. The Bertz CT molecular complexity index is 174. The van der Waals surface area contributed by atoms with E-state index in [2.05, 4.69) is 55.4 Å². The van der Waals surface area contributed by atoms with Gasteiger partial charge >= 0.3 is 0 Å². The van der Waals surface area contributed by atoms with Crippen molar-refractivity contribution in [3.05, 3.63) is 11.1 Å². The first-order valence-corrected chi connectivity index (χ1v) is 8.17. The molecule has 0 saturated carbocycles. The molecular weight excluding hydrogens is 216 g/mol. The molecule has 0 radical (unpaired) electrons. The van der Waals surface area contributed by atoms with Crippen LogP contribution in [-0.4, -0.2) is 0 Å². The van der Waals surface area contributed by atoms with Crippen LogP contribution < -0.4 is 0 Å². The van der Waals surface area contributed by atoms with Gasteiger partial charge in [-0.1, -0.05) is 79.4 Å². The second kappa shape index (κ2) is 13.2. The summed E-state index contributed by atoms with van der Waals surface area (Å²) in [4.78, 5) is 0. The van der Waals surface area contributed by atoms with Crippen molar-refractivity contribution in [1.82, 2.24) is 0 Å². The number of allylic oxidation sites excluding steroid dienone is 2. The highest BCUT2D eigenvalue weighted by atomic mass is 14.2. The average Bonchev–Trinajstić information content (AvgIpc) is 2.31. The molecule has 1 aliphatic carbocycles. The topological polar surface area (TPSA) is 0 Å². The van der Waals surface area contributed by atoms with E-state index in [1.165, 1.54) is 38.5 Å². The summed E-state index contributed by atoms with van der Waals surface area (Å²) in [5.74, 6) is 1.56. The molecule has 0 atom stereocenters. The fourth-order valence-corrected chi connectivity index (χ4v) is 2.27. The number of rotatable bonds is 2. The van der Waals surface area contributed by atoms with Crippen LogP contribution in [-0.2, 0) is 0 Å². The molecule has 1 rings (SSSR count). The van der Waals surface area contributed by atoms with Gasteiger partial charge in [0.2, 0.25) is 0 Å².